The molecule has 0 aromatic carbocycles. The van der Waals surface area contributed by atoms with E-state index in [9.17, 15) is 0 Å². The summed E-state index contributed by atoms with van der Waals surface area (Å²) in [5, 5.41) is 0. The molecule has 0 spiro atoms. The Morgan fingerprint density at radius 1 is 1.50 bits per heavy atom. The van der Waals surface area contributed by atoms with Gasteiger partial charge in [0.15, 0.2) is 0 Å². The van der Waals surface area contributed by atoms with E-state index in [2.05, 4.69) is 32.3 Å². The van der Waals surface area contributed by atoms with Crippen molar-refractivity contribution in [2.24, 2.45) is 5.92 Å². The van der Waals surface area contributed by atoms with Gasteiger partial charge in [-0.15, -0.1) is 0 Å². The smallest absolute Gasteiger partial charge is 0.218 e. The predicted molar refractivity (Wildman–Crippen MR) is 49.8 cm³/mol. The van der Waals surface area contributed by atoms with Crippen LogP contribution < -0.4 is 0 Å². The SMILES string of the molecule is C=Cc1ncc(C(C)C(C)C)o1. The quantitative estimate of drug-likeness (QED) is 0.688. The zero-order valence-corrected chi connectivity index (χ0v) is 7.87. The van der Waals surface area contributed by atoms with E-state index in [1.54, 1.807) is 12.3 Å². The van der Waals surface area contributed by atoms with Crippen molar-refractivity contribution in [3.63, 3.8) is 0 Å². The van der Waals surface area contributed by atoms with E-state index in [-0.39, 0.29) is 0 Å². The van der Waals surface area contributed by atoms with Crippen LogP contribution in [-0.4, -0.2) is 4.98 Å². The topological polar surface area (TPSA) is 26.0 Å². The van der Waals surface area contributed by atoms with Gasteiger partial charge in [0.25, 0.3) is 0 Å². The Bertz CT molecular complexity index is 263. The lowest BCUT2D eigenvalue weighted by atomic mass is 9.96. The van der Waals surface area contributed by atoms with Crippen LogP contribution in [0.2, 0.25) is 0 Å². The van der Waals surface area contributed by atoms with E-state index < -0.39 is 0 Å². The Hall–Kier alpha value is -1.05. The van der Waals surface area contributed by atoms with Crippen molar-refractivity contribution in [3.8, 4) is 0 Å². The molecule has 2 heteroatoms. The molecular weight excluding hydrogens is 150 g/mol. The molecule has 0 amide bonds. The summed E-state index contributed by atoms with van der Waals surface area (Å²) in [7, 11) is 0. The second-order valence-corrected chi connectivity index (χ2v) is 3.34. The maximum Gasteiger partial charge on any atom is 0.218 e. The van der Waals surface area contributed by atoms with Crippen LogP contribution in [0, 0.1) is 5.92 Å². The minimum Gasteiger partial charge on any atom is -0.442 e. The fraction of sp³-hybridized carbons (Fsp3) is 0.500. The van der Waals surface area contributed by atoms with Crippen LogP contribution in [0.4, 0.5) is 0 Å². The first-order valence-corrected chi connectivity index (χ1v) is 4.23. The molecule has 1 rings (SSSR count). The van der Waals surface area contributed by atoms with Crippen molar-refractivity contribution in [2.45, 2.75) is 26.7 Å². The molecule has 12 heavy (non-hydrogen) atoms. The predicted octanol–water partition coefficient (Wildman–Crippen LogP) is 3.08. The van der Waals surface area contributed by atoms with Gasteiger partial charge in [0.2, 0.25) is 5.89 Å². The van der Waals surface area contributed by atoms with Crippen LogP contribution in [-0.2, 0) is 0 Å². The van der Waals surface area contributed by atoms with Gasteiger partial charge in [-0.25, -0.2) is 4.98 Å². The van der Waals surface area contributed by atoms with Gasteiger partial charge < -0.3 is 4.42 Å². The average molecular weight is 165 g/mol. The highest BCUT2D eigenvalue weighted by atomic mass is 16.4. The molecule has 0 aliphatic heterocycles. The summed E-state index contributed by atoms with van der Waals surface area (Å²) in [4.78, 5) is 4.05. The highest BCUT2D eigenvalue weighted by Gasteiger charge is 2.13. The number of nitrogens with zero attached hydrogens (tertiary/aromatic N) is 1. The van der Waals surface area contributed by atoms with Crippen molar-refractivity contribution in [1.29, 1.82) is 0 Å². The zero-order valence-electron chi connectivity index (χ0n) is 7.87. The van der Waals surface area contributed by atoms with Gasteiger partial charge in [0.05, 0.1) is 6.20 Å². The molecule has 2 nitrogen and oxygen atoms in total. The summed E-state index contributed by atoms with van der Waals surface area (Å²) in [5.74, 6) is 2.55. The second-order valence-electron chi connectivity index (χ2n) is 3.34. The molecule has 1 heterocycles. The Morgan fingerprint density at radius 3 is 2.58 bits per heavy atom. The number of rotatable bonds is 3. The van der Waals surface area contributed by atoms with Crippen LogP contribution in [0.1, 0.15) is 38.3 Å². The van der Waals surface area contributed by atoms with Crippen molar-refractivity contribution < 1.29 is 4.42 Å². The van der Waals surface area contributed by atoms with Crippen molar-refractivity contribution in [3.05, 3.63) is 24.4 Å². The fourth-order valence-corrected chi connectivity index (χ4v) is 0.934. The summed E-state index contributed by atoms with van der Waals surface area (Å²) >= 11 is 0. The molecule has 0 fully saturated rings. The first kappa shape index (κ1) is 9.04. The summed E-state index contributed by atoms with van der Waals surface area (Å²) in [6.07, 6.45) is 3.40. The third-order valence-electron chi connectivity index (χ3n) is 2.16. The number of hydrogen-bond acceptors (Lipinski definition) is 2. The van der Waals surface area contributed by atoms with Crippen LogP contribution in [0.25, 0.3) is 6.08 Å². The van der Waals surface area contributed by atoms with Gasteiger partial charge in [0.1, 0.15) is 5.76 Å². The third-order valence-corrected chi connectivity index (χ3v) is 2.16. The van der Waals surface area contributed by atoms with Crippen LogP contribution in [0.15, 0.2) is 17.2 Å². The average Bonchev–Trinajstić information content (AvgIpc) is 2.50. The maximum absolute atomic E-state index is 5.43. The van der Waals surface area contributed by atoms with E-state index in [1.807, 2.05) is 0 Å². The summed E-state index contributed by atoms with van der Waals surface area (Å²) in [6.45, 7) is 10.1. The maximum atomic E-state index is 5.43. The molecule has 0 N–H and O–H groups in total. The lowest BCUT2D eigenvalue weighted by Gasteiger charge is -2.10. The molecule has 66 valence electrons. The monoisotopic (exact) mass is 165 g/mol. The molecule has 0 bridgehead atoms. The largest absolute Gasteiger partial charge is 0.442 e. The Labute approximate surface area is 73.3 Å². The van der Waals surface area contributed by atoms with Gasteiger partial charge in [-0.3, -0.25) is 0 Å². The minimum absolute atomic E-state index is 0.422. The molecule has 0 aliphatic carbocycles. The van der Waals surface area contributed by atoms with Crippen molar-refractivity contribution in [2.75, 3.05) is 0 Å². The summed E-state index contributed by atoms with van der Waals surface area (Å²) < 4.78 is 5.43. The fourth-order valence-electron chi connectivity index (χ4n) is 0.934. The van der Waals surface area contributed by atoms with E-state index in [0.29, 0.717) is 17.7 Å². The zero-order chi connectivity index (χ0) is 9.14. The highest BCUT2D eigenvalue weighted by molar-refractivity contribution is 5.33. The van der Waals surface area contributed by atoms with Gasteiger partial charge in [0, 0.05) is 5.92 Å². The molecule has 1 atom stereocenters. The lowest BCUT2D eigenvalue weighted by molar-refractivity contribution is 0.409. The first-order chi connectivity index (χ1) is 5.65. The van der Waals surface area contributed by atoms with Crippen LogP contribution >= 0.6 is 0 Å². The second kappa shape index (κ2) is 3.57. The molecule has 1 aromatic rings. The number of oxazole rings is 1. The Balaban J connectivity index is 2.81. The van der Waals surface area contributed by atoms with Gasteiger partial charge >= 0.3 is 0 Å². The van der Waals surface area contributed by atoms with Crippen LogP contribution in [0.3, 0.4) is 0 Å². The van der Waals surface area contributed by atoms with E-state index >= 15 is 0 Å². The molecule has 0 radical (unpaired) electrons. The Morgan fingerprint density at radius 2 is 2.17 bits per heavy atom. The van der Waals surface area contributed by atoms with Crippen LogP contribution in [0.5, 0.6) is 0 Å². The standard InChI is InChI=1S/C10H15NO/c1-5-10-11-6-9(12-10)8(4)7(2)3/h5-8H,1H2,2-4H3. The van der Waals surface area contributed by atoms with Gasteiger partial charge in [-0.1, -0.05) is 27.4 Å². The number of aromatic nitrogens is 1. The molecular formula is C10H15NO. The molecule has 1 aromatic heterocycles. The molecule has 0 saturated heterocycles. The summed E-state index contributed by atoms with van der Waals surface area (Å²) in [5.41, 5.74) is 0. The van der Waals surface area contributed by atoms with E-state index in [1.165, 1.54) is 0 Å². The molecule has 0 aliphatic rings. The summed E-state index contributed by atoms with van der Waals surface area (Å²) in [6, 6.07) is 0. The lowest BCUT2D eigenvalue weighted by Crippen LogP contribution is -1.99. The molecule has 1 unspecified atom stereocenters. The number of hydrogen-bond donors (Lipinski definition) is 0. The van der Waals surface area contributed by atoms with Crippen molar-refractivity contribution >= 4 is 6.08 Å². The van der Waals surface area contributed by atoms with Crippen molar-refractivity contribution in [1.82, 2.24) is 4.98 Å². The molecule has 0 saturated carbocycles. The third kappa shape index (κ3) is 1.76. The van der Waals surface area contributed by atoms with E-state index in [4.69, 9.17) is 4.42 Å². The minimum atomic E-state index is 0.422. The normalized spacial score (nSPS) is 13.3. The van der Waals surface area contributed by atoms with E-state index in [0.717, 1.165) is 5.76 Å². The van der Waals surface area contributed by atoms with Gasteiger partial charge in [-0.2, -0.15) is 0 Å². The van der Waals surface area contributed by atoms with Gasteiger partial charge in [-0.05, 0) is 12.0 Å². The highest BCUT2D eigenvalue weighted by Crippen LogP contribution is 2.24. The Kier molecular flexibility index (Phi) is 2.69. The first-order valence-electron chi connectivity index (χ1n) is 4.23.